The average molecular weight is 374 g/mol. The van der Waals surface area contributed by atoms with Crippen LogP contribution in [0, 0.1) is 35.0 Å². The summed E-state index contributed by atoms with van der Waals surface area (Å²) in [7, 11) is 0. The number of thiazole rings is 1. The molecule has 0 amide bonds. The van der Waals surface area contributed by atoms with Crippen LogP contribution in [0.1, 0.15) is 89.2 Å². The third kappa shape index (κ3) is 2.89. The molecule has 1 N–H and O–H groups in total. The van der Waals surface area contributed by atoms with Crippen molar-refractivity contribution in [3.63, 3.8) is 0 Å². The van der Waals surface area contributed by atoms with Crippen LogP contribution in [-0.2, 0) is 0 Å². The van der Waals surface area contributed by atoms with E-state index >= 15 is 0 Å². The van der Waals surface area contributed by atoms with Crippen molar-refractivity contribution >= 4 is 11.3 Å². The Bertz CT molecular complexity index is 616. The van der Waals surface area contributed by atoms with Crippen LogP contribution in [0.5, 0.6) is 0 Å². The average Bonchev–Trinajstić information content (AvgIpc) is 3.24. The molecule has 4 fully saturated rings. The van der Waals surface area contributed by atoms with Crippen molar-refractivity contribution in [2.24, 2.45) is 35.0 Å². The number of nitrogens with zero attached hydrogens (tertiary/aromatic N) is 1. The second-order valence-electron chi connectivity index (χ2n) is 10.3. The smallest absolute Gasteiger partial charge is 0.0794 e. The van der Waals surface area contributed by atoms with Crippen LogP contribution in [-0.4, -0.2) is 16.2 Å². The van der Waals surface area contributed by atoms with E-state index in [4.69, 9.17) is 4.98 Å². The van der Waals surface area contributed by atoms with E-state index in [1.54, 1.807) is 11.3 Å². The Morgan fingerprint density at radius 2 is 1.77 bits per heavy atom. The van der Waals surface area contributed by atoms with Crippen LogP contribution >= 0.6 is 11.3 Å². The minimum absolute atomic E-state index is 0.0105. The maximum Gasteiger partial charge on any atom is 0.0794 e. The normalized spacial score (nSPS) is 48.8. The largest absolute Gasteiger partial charge is 0.393 e. The lowest BCUT2D eigenvalue weighted by molar-refractivity contribution is -0.0106. The van der Waals surface area contributed by atoms with E-state index < -0.39 is 0 Å². The zero-order chi connectivity index (χ0) is 17.7. The molecule has 0 bridgehead atoms. The van der Waals surface area contributed by atoms with Crippen LogP contribution in [0.15, 0.2) is 10.9 Å². The fourth-order valence-electron chi connectivity index (χ4n) is 7.91. The summed E-state index contributed by atoms with van der Waals surface area (Å²) in [6.45, 7) is 2.61. The number of aliphatic hydroxyl groups excluding tert-OH is 1. The molecule has 5 rings (SSSR count). The third-order valence-electron chi connectivity index (χ3n) is 9.29. The fraction of sp³-hybridized carbons (Fsp3) is 0.870. The molecular formula is C23H35NOS. The highest BCUT2D eigenvalue weighted by molar-refractivity contribution is 7.07. The molecule has 8 atom stereocenters. The first-order valence-corrected chi connectivity index (χ1v) is 12.2. The van der Waals surface area contributed by atoms with Crippen molar-refractivity contribution in [1.29, 1.82) is 0 Å². The van der Waals surface area contributed by atoms with E-state index in [9.17, 15) is 5.11 Å². The monoisotopic (exact) mass is 373 g/mol. The van der Waals surface area contributed by atoms with E-state index in [1.807, 2.05) is 5.51 Å². The van der Waals surface area contributed by atoms with Gasteiger partial charge in [0.25, 0.3) is 0 Å². The summed E-state index contributed by atoms with van der Waals surface area (Å²) in [6.07, 6.45) is 14.8. The van der Waals surface area contributed by atoms with Gasteiger partial charge in [-0.2, -0.15) is 0 Å². The molecule has 144 valence electrons. The standard InChI is InChI=1S/C23H35NOS/c1-23-11-10-16-3-2-15-4-6-18(25)12-17(15)5-7-19(16)20(23)8-9-21(23)22-13-26-14-24-22/h13-21,25H,2-12H2,1H3/t15-,16?,17?,18+,19?,20?,21?,23+/m1/s1. The van der Waals surface area contributed by atoms with Gasteiger partial charge in [0.15, 0.2) is 0 Å². The predicted molar refractivity (Wildman–Crippen MR) is 107 cm³/mol. The van der Waals surface area contributed by atoms with Crippen molar-refractivity contribution in [2.45, 2.75) is 89.6 Å². The highest BCUT2D eigenvalue weighted by atomic mass is 32.1. The van der Waals surface area contributed by atoms with Gasteiger partial charge in [0.2, 0.25) is 0 Å². The minimum atomic E-state index is -0.0105. The second kappa shape index (κ2) is 6.88. The molecule has 1 aromatic heterocycles. The van der Waals surface area contributed by atoms with Crippen LogP contribution in [0.3, 0.4) is 0 Å². The van der Waals surface area contributed by atoms with E-state index in [1.165, 1.54) is 63.5 Å². The SMILES string of the molecule is C[C@]12CCC3CC[C@@H]4CC[C@H](O)CC4CCC3C1CCC2c1cscn1. The molecule has 4 aliphatic carbocycles. The van der Waals surface area contributed by atoms with E-state index in [0.717, 1.165) is 42.4 Å². The molecule has 3 heteroatoms. The molecule has 5 unspecified atom stereocenters. The quantitative estimate of drug-likeness (QED) is 0.653. The number of aromatic nitrogens is 1. The van der Waals surface area contributed by atoms with Gasteiger partial charge < -0.3 is 5.11 Å². The first kappa shape index (κ1) is 17.7. The topological polar surface area (TPSA) is 33.1 Å². The molecular weight excluding hydrogens is 338 g/mol. The molecule has 0 saturated heterocycles. The van der Waals surface area contributed by atoms with Gasteiger partial charge in [0, 0.05) is 11.3 Å². The summed E-state index contributed by atoms with van der Waals surface area (Å²) in [5, 5.41) is 12.5. The first-order chi connectivity index (χ1) is 12.6. The number of aliphatic hydroxyl groups is 1. The maximum atomic E-state index is 10.2. The molecule has 4 aliphatic rings. The van der Waals surface area contributed by atoms with Crippen molar-refractivity contribution < 1.29 is 5.11 Å². The number of rotatable bonds is 1. The molecule has 0 radical (unpaired) electrons. The van der Waals surface area contributed by atoms with Crippen molar-refractivity contribution in [3.8, 4) is 0 Å². The molecule has 1 aromatic rings. The Balaban J connectivity index is 1.36. The van der Waals surface area contributed by atoms with Crippen LogP contribution in [0.25, 0.3) is 0 Å². The van der Waals surface area contributed by atoms with Crippen LogP contribution in [0.2, 0.25) is 0 Å². The number of hydrogen-bond acceptors (Lipinski definition) is 3. The van der Waals surface area contributed by atoms with E-state index in [2.05, 4.69) is 12.3 Å². The number of hydrogen-bond donors (Lipinski definition) is 1. The number of fused-ring (bicyclic) bond motifs is 4. The van der Waals surface area contributed by atoms with Crippen molar-refractivity contribution in [3.05, 3.63) is 16.6 Å². The molecule has 0 aliphatic heterocycles. The van der Waals surface area contributed by atoms with Gasteiger partial charge in [-0.25, -0.2) is 4.98 Å². The molecule has 0 spiro atoms. The summed E-state index contributed by atoms with van der Waals surface area (Å²) in [6, 6.07) is 0. The summed E-state index contributed by atoms with van der Waals surface area (Å²) in [5.74, 6) is 5.27. The minimum Gasteiger partial charge on any atom is -0.393 e. The Hall–Kier alpha value is -0.410. The fourth-order valence-corrected chi connectivity index (χ4v) is 8.52. The van der Waals surface area contributed by atoms with Gasteiger partial charge in [-0.15, -0.1) is 11.3 Å². The van der Waals surface area contributed by atoms with Gasteiger partial charge >= 0.3 is 0 Å². The van der Waals surface area contributed by atoms with Gasteiger partial charge in [0.05, 0.1) is 17.3 Å². The maximum absolute atomic E-state index is 10.2. The van der Waals surface area contributed by atoms with Crippen LogP contribution in [0.4, 0.5) is 0 Å². The van der Waals surface area contributed by atoms with Crippen LogP contribution < -0.4 is 0 Å². The Morgan fingerprint density at radius 1 is 0.962 bits per heavy atom. The summed E-state index contributed by atoms with van der Waals surface area (Å²) < 4.78 is 0. The third-order valence-corrected chi connectivity index (χ3v) is 9.89. The zero-order valence-electron chi connectivity index (χ0n) is 16.3. The Labute approximate surface area is 162 Å². The lowest BCUT2D eigenvalue weighted by Crippen LogP contribution is -2.42. The van der Waals surface area contributed by atoms with Gasteiger partial charge in [0.1, 0.15) is 0 Å². The van der Waals surface area contributed by atoms with E-state index in [0.29, 0.717) is 11.3 Å². The molecule has 26 heavy (non-hydrogen) atoms. The highest BCUT2D eigenvalue weighted by Gasteiger charge is 2.54. The Morgan fingerprint density at radius 3 is 2.62 bits per heavy atom. The van der Waals surface area contributed by atoms with Crippen molar-refractivity contribution in [1.82, 2.24) is 4.98 Å². The highest BCUT2D eigenvalue weighted by Crippen LogP contribution is 2.64. The summed E-state index contributed by atoms with van der Waals surface area (Å²) >= 11 is 1.77. The second-order valence-corrected chi connectivity index (χ2v) is 11.0. The summed E-state index contributed by atoms with van der Waals surface area (Å²) in [5.41, 5.74) is 3.90. The van der Waals surface area contributed by atoms with Gasteiger partial charge in [-0.05, 0) is 106 Å². The zero-order valence-corrected chi connectivity index (χ0v) is 17.1. The lowest BCUT2D eigenvalue weighted by Gasteiger charge is -2.51. The summed E-state index contributed by atoms with van der Waals surface area (Å²) in [4.78, 5) is 4.73. The molecule has 4 saturated carbocycles. The van der Waals surface area contributed by atoms with Gasteiger partial charge in [-0.1, -0.05) is 6.92 Å². The first-order valence-electron chi connectivity index (χ1n) is 11.2. The molecule has 0 aromatic carbocycles. The van der Waals surface area contributed by atoms with Crippen molar-refractivity contribution in [2.75, 3.05) is 0 Å². The van der Waals surface area contributed by atoms with E-state index in [-0.39, 0.29) is 6.10 Å². The lowest BCUT2D eigenvalue weighted by atomic mass is 9.54. The van der Waals surface area contributed by atoms with Gasteiger partial charge in [-0.3, -0.25) is 0 Å². The molecule has 1 heterocycles. The predicted octanol–water partition coefficient (Wildman–Crippen LogP) is 6.02. The Kier molecular flexibility index (Phi) is 4.68. The molecule has 2 nitrogen and oxygen atoms in total.